The van der Waals surface area contributed by atoms with E-state index in [1.807, 2.05) is 6.92 Å². The van der Waals surface area contributed by atoms with Gasteiger partial charge in [0.05, 0.1) is 6.61 Å². The maximum atomic E-state index is 11.2. The van der Waals surface area contributed by atoms with E-state index in [4.69, 9.17) is 4.74 Å². The average molecular weight is 184 g/mol. The van der Waals surface area contributed by atoms with Crippen LogP contribution < -0.4 is 0 Å². The first-order valence-electron chi connectivity index (χ1n) is 4.47. The Balaban J connectivity index is 4.22. The molecule has 0 aromatic rings. The third kappa shape index (κ3) is 5.17. The molecule has 0 atom stereocenters. The van der Waals surface area contributed by atoms with Crippen molar-refractivity contribution in [3.63, 3.8) is 0 Å². The highest BCUT2D eigenvalue weighted by molar-refractivity contribution is 5.89. The van der Waals surface area contributed by atoms with E-state index in [1.54, 1.807) is 13.0 Å². The smallest absolute Gasteiger partial charge is 0.333 e. The van der Waals surface area contributed by atoms with Crippen LogP contribution in [0.2, 0.25) is 0 Å². The number of ketones is 1. The average Bonchev–Trinajstić information content (AvgIpc) is 2.05. The Bertz CT molecular complexity index is 216. The Kier molecular flexibility index (Phi) is 5.85. The molecule has 0 aromatic carbocycles. The zero-order valence-electron chi connectivity index (χ0n) is 8.42. The van der Waals surface area contributed by atoms with Gasteiger partial charge in [-0.1, -0.05) is 13.0 Å². The number of hydrogen-bond acceptors (Lipinski definition) is 3. The predicted molar refractivity (Wildman–Crippen MR) is 50.3 cm³/mol. The molecule has 0 amide bonds. The fourth-order valence-electron chi connectivity index (χ4n) is 0.863. The van der Waals surface area contributed by atoms with Crippen molar-refractivity contribution in [2.45, 2.75) is 33.6 Å². The van der Waals surface area contributed by atoms with Gasteiger partial charge in [-0.15, -0.1) is 0 Å². The Hall–Kier alpha value is -1.12. The molecule has 74 valence electrons. The maximum Gasteiger partial charge on any atom is 0.333 e. The molecule has 0 N–H and O–H groups in total. The van der Waals surface area contributed by atoms with Gasteiger partial charge in [-0.25, -0.2) is 4.79 Å². The lowest BCUT2D eigenvalue weighted by molar-refractivity contribution is -0.138. The lowest BCUT2D eigenvalue weighted by atomic mass is 10.1. The monoisotopic (exact) mass is 184 g/mol. The molecule has 0 aromatic heterocycles. The van der Waals surface area contributed by atoms with Crippen molar-refractivity contribution in [3.05, 3.63) is 11.6 Å². The van der Waals surface area contributed by atoms with Crippen LogP contribution in [-0.4, -0.2) is 18.4 Å². The van der Waals surface area contributed by atoms with Crippen molar-refractivity contribution < 1.29 is 14.3 Å². The molecule has 3 heteroatoms. The molecule has 0 saturated carbocycles. The van der Waals surface area contributed by atoms with Gasteiger partial charge in [0.2, 0.25) is 0 Å². The molecule has 3 nitrogen and oxygen atoms in total. The first kappa shape index (κ1) is 11.9. The highest BCUT2D eigenvalue weighted by Crippen LogP contribution is 2.05. The second-order valence-corrected chi connectivity index (χ2v) is 2.71. The minimum Gasteiger partial charge on any atom is -0.463 e. The first-order valence-corrected chi connectivity index (χ1v) is 4.47. The van der Waals surface area contributed by atoms with Gasteiger partial charge in [-0.05, 0) is 20.3 Å². The Morgan fingerprint density at radius 3 is 2.31 bits per heavy atom. The molecular formula is C10H16O3. The summed E-state index contributed by atoms with van der Waals surface area (Å²) in [7, 11) is 0. The number of ether oxygens (including phenoxy) is 1. The molecule has 0 bridgehead atoms. The van der Waals surface area contributed by atoms with Crippen LogP contribution in [0.1, 0.15) is 33.6 Å². The molecule has 13 heavy (non-hydrogen) atoms. The summed E-state index contributed by atoms with van der Waals surface area (Å²) < 4.78 is 4.81. The molecule has 0 aliphatic rings. The van der Waals surface area contributed by atoms with Crippen molar-refractivity contribution in [1.29, 1.82) is 0 Å². The summed E-state index contributed by atoms with van der Waals surface area (Å²) in [5, 5.41) is 0. The van der Waals surface area contributed by atoms with Crippen LogP contribution in [0.3, 0.4) is 0 Å². The standard InChI is InChI=1S/C10H16O3/c1-4-9(7-6-8(3)11)10(12)13-5-2/h7H,4-6H2,1-3H3. The van der Waals surface area contributed by atoms with Crippen LogP contribution in [0.25, 0.3) is 0 Å². The Labute approximate surface area is 78.8 Å². The quantitative estimate of drug-likeness (QED) is 0.484. The highest BCUT2D eigenvalue weighted by Gasteiger charge is 2.07. The Morgan fingerprint density at radius 1 is 1.31 bits per heavy atom. The van der Waals surface area contributed by atoms with Crippen molar-refractivity contribution in [2.75, 3.05) is 6.61 Å². The van der Waals surface area contributed by atoms with Gasteiger partial charge in [-0.2, -0.15) is 0 Å². The fourth-order valence-corrected chi connectivity index (χ4v) is 0.863. The molecular weight excluding hydrogens is 168 g/mol. The summed E-state index contributed by atoms with van der Waals surface area (Å²) in [5.74, 6) is -0.263. The molecule has 0 rings (SSSR count). The first-order chi connectivity index (χ1) is 6.11. The normalized spacial score (nSPS) is 11.2. The zero-order chi connectivity index (χ0) is 10.3. The maximum absolute atomic E-state index is 11.2. The van der Waals surface area contributed by atoms with Gasteiger partial charge in [0.1, 0.15) is 5.78 Å². The number of hydrogen-bond donors (Lipinski definition) is 0. The van der Waals surface area contributed by atoms with Crippen LogP contribution in [0.4, 0.5) is 0 Å². The fraction of sp³-hybridized carbons (Fsp3) is 0.600. The topological polar surface area (TPSA) is 43.4 Å². The summed E-state index contributed by atoms with van der Waals surface area (Å²) in [6.45, 7) is 5.49. The van der Waals surface area contributed by atoms with Gasteiger partial charge in [0.25, 0.3) is 0 Å². The molecule has 0 radical (unpaired) electrons. The van der Waals surface area contributed by atoms with Crippen LogP contribution in [0.5, 0.6) is 0 Å². The van der Waals surface area contributed by atoms with Gasteiger partial charge < -0.3 is 4.74 Å². The zero-order valence-corrected chi connectivity index (χ0v) is 8.42. The SMILES string of the molecule is CCOC(=O)C(=CCC(C)=O)CC. The van der Waals surface area contributed by atoms with E-state index < -0.39 is 0 Å². The highest BCUT2D eigenvalue weighted by atomic mass is 16.5. The molecule has 0 fully saturated rings. The summed E-state index contributed by atoms with van der Waals surface area (Å²) in [4.78, 5) is 21.8. The van der Waals surface area contributed by atoms with Gasteiger partial charge in [-0.3, -0.25) is 4.79 Å². The molecule has 0 spiro atoms. The van der Waals surface area contributed by atoms with E-state index in [-0.39, 0.29) is 11.8 Å². The van der Waals surface area contributed by atoms with Crippen molar-refractivity contribution in [2.24, 2.45) is 0 Å². The van der Waals surface area contributed by atoms with E-state index >= 15 is 0 Å². The van der Waals surface area contributed by atoms with E-state index in [9.17, 15) is 9.59 Å². The summed E-state index contributed by atoms with van der Waals surface area (Å²) in [6.07, 6.45) is 2.55. The van der Waals surface area contributed by atoms with Crippen LogP contribution in [0.15, 0.2) is 11.6 Å². The lowest BCUT2D eigenvalue weighted by Crippen LogP contribution is -2.07. The van der Waals surface area contributed by atoms with Gasteiger partial charge in [0, 0.05) is 12.0 Å². The third-order valence-electron chi connectivity index (χ3n) is 1.55. The van der Waals surface area contributed by atoms with E-state index in [0.717, 1.165) is 0 Å². The second kappa shape index (κ2) is 6.40. The third-order valence-corrected chi connectivity index (χ3v) is 1.55. The van der Waals surface area contributed by atoms with Crippen LogP contribution >= 0.6 is 0 Å². The molecule has 0 aliphatic carbocycles. The Morgan fingerprint density at radius 2 is 1.92 bits per heavy atom. The van der Waals surface area contributed by atoms with Crippen LogP contribution in [-0.2, 0) is 14.3 Å². The molecule has 0 heterocycles. The predicted octanol–water partition coefficient (Wildman–Crippen LogP) is 1.86. The number of carbonyl (C=O) groups excluding carboxylic acids is 2. The number of allylic oxidation sites excluding steroid dienone is 1. The van der Waals surface area contributed by atoms with E-state index in [0.29, 0.717) is 25.0 Å². The summed E-state index contributed by atoms with van der Waals surface area (Å²) in [5.41, 5.74) is 0.581. The molecule has 0 aliphatic heterocycles. The second-order valence-electron chi connectivity index (χ2n) is 2.71. The van der Waals surface area contributed by atoms with Crippen molar-refractivity contribution in [1.82, 2.24) is 0 Å². The van der Waals surface area contributed by atoms with Crippen molar-refractivity contribution >= 4 is 11.8 Å². The minimum atomic E-state index is -0.314. The largest absolute Gasteiger partial charge is 0.463 e. The van der Waals surface area contributed by atoms with Gasteiger partial charge in [0.15, 0.2) is 0 Å². The van der Waals surface area contributed by atoms with Crippen LogP contribution in [0, 0.1) is 0 Å². The summed E-state index contributed by atoms with van der Waals surface area (Å²) >= 11 is 0. The van der Waals surface area contributed by atoms with Gasteiger partial charge >= 0.3 is 5.97 Å². The number of Topliss-reactive ketones (excluding diaryl/α,β-unsaturated/α-hetero) is 1. The number of rotatable bonds is 5. The molecule has 0 saturated heterocycles. The lowest BCUT2D eigenvalue weighted by Gasteiger charge is -2.03. The number of esters is 1. The van der Waals surface area contributed by atoms with E-state index in [1.165, 1.54) is 6.92 Å². The minimum absolute atomic E-state index is 0.0512. The van der Waals surface area contributed by atoms with E-state index in [2.05, 4.69) is 0 Å². The number of carbonyl (C=O) groups is 2. The van der Waals surface area contributed by atoms with Crippen molar-refractivity contribution in [3.8, 4) is 0 Å². The molecule has 0 unspecified atom stereocenters. The summed E-state index contributed by atoms with van der Waals surface area (Å²) in [6, 6.07) is 0.